The largest absolute Gasteiger partial charge is 0.316 e. The van der Waals surface area contributed by atoms with Crippen LogP contribution < -0.4 is 5.32 Å². The zero-order valence-electron chi connectivity index (χ0n) is 10.1. The summed E-state index contributed by atoms with van der Waals surface area (Å²) in [5.74, 6) is -1.48. The van der Waals surface area contributed by atoms with Crippen molar-refractivity contribution < 1.29 is 8.78 Å². The number of nitrogens with one attached hydrogen (secondary N) is 1. The molecule has 0 saturated heterocycles. The lowest BCUT2D eigenvalue weighted by Crippen LogP contribution is -2.31. The molecule has 0 fully saturated rings. The number of halogens is 2. The smallest absolute Gasteiger partial charge is 0.162 e. The summed E-state index contributed by atoms with van der Waals surface area (Å²) in [4.78, 5) is 0. The molecular weight excluding hydrogens is 208 g/mol. The minimum absolute atomic E-state index is 0.0787. The van der Waals surface area contributed by atoms with E-state index in [9.17, 15) is 8.78 Å². The van der Waals surface area contributed by atoms with Gasteiger partial charge in [0.05, 0.1) is 0 Å². The van der Waals surface area contributed by atoms with Gasteiger partial charge in [-0.1, -0.05) is 32.9 Å². The van der Waals surface area contributed by atoms with Crippen molar-refractivity contribution in [3.63, 3.8) is 0 Å². The van der Waals surface area contributed by atoms with Gasteiger partial charge in [-0.25, -0.2) is 8.78 Å². The highest BCUT2D eigenvalue weighted by molar-refractivity contribution is 5.20. The zero-order chi connectivity index (χ0) is 12.2. The van der Waals surface area contributed by atoms with Gasteiger partial charge in [0, 0.05) is 6.54 Å². The molecule has 1 aromatic carbocycles. The van der Waals surface area contributed by atoms with Crippen molar-refractivity contribution in [2.45, 2.75) is 27.2 Å². The Morgan fingerprint density at radius 1 is 1.25 bits per heavy atom. The van der Waals surface area contributed by atoms with Crippen LogP contribution in [0.15, 0.2) is 18.2 Å². The molecule has 0 amide bonds. The summed E-state index contributed by atoms with van der Waals surface area (Å²) < 4.78 is 26.5. The van der Waals surface area contributed by atoms with E-state index in [0.29, 0.717) is 12.0 Å². The quantitative estimate of drug-likeness (QED) is 0.814. The Balaban J connectivity index is 2.75. The van der Waals surface area contributed by atoms with E-state index in [0.717, 1.165) is 19.2 Å². The summed E-state index contributed by atoms with van der Waals surface area (Å²) in [7, 11) is 0. The van der Waals surface area contributed by atoms with E-state index in [4.69, 9.17) is 0 Å². The number of benzene rings is 1. The predicted molar refractivity (Wildman–Crippen MR) is 62.4 cm³/mol. The monoisotopic (exact) mass is 227 g/mol. The SMILES string of the molecule is CCNCC(C)(C)Cc1cccc(F)c1F. The highest BCUT2D eigenvalue weighted by Gasteiger charge is 2.20. The zero-order valence-corrected chi connectivity index (χ0v) is 10.1. The first-order chi connectivity index (χ1) is 7.46. The molecule has 0 atom stereocenters. The number of hydrogen-bond acceptors (Lipinski definition) is 1. The molecule has 0 aliphatic carbocycles. The van der Waals surface area contributed by atoms with Crippen LogP contribution in [0.2, 0.25) is 0 Å². The third-order valence-corrected chi connectivity index (χ3v) is 2.55. The molecule has 0 aliphatic heterocycles. The van der Waals surface area contributed by atoms with Gasteiger partial charge in [-0.3, -0.25) is 0 Å². The molecule has 0 bridgehead atoms. The molecule has 0 radical (unpaired) electrons. The first kappa shape index (κ1) is 13.1. The van der Waals surface area contributed by atoms with Crippen molar-refractivity contribution in [1.29, 1.82) is 0 Å². The van der Waals surface area contributed by atoms with Gasteiger partial charge in [0.2, 0.25) is 0 Å². The predicted octanol–water partition coefficient (Wildman–Crippen LogP) is 3.14. The molecular formula is C13H19F2N. The maximum Gasteiger partial charge on any atom is 0.162 e. The molecule has 0 spiro atoms. The van der Waals surface area contributed by atoms with Crippen LogP contribution >= 0.6 is 0 Å². The molecule has 0 saturated carbocycles. The van der Waals surface area contributed by atoms with Crippen LogP contribution in [0.1, 0.15) is 26.3 Å². The molecule has 1 nitrogen and oxygen atoms in total. The van der Waals surface area contributed by atoms with Crippen molar-refractivity contribution in [3.05, 3.63) is 35.4 Å². The van der Waals surface area contributed by atoms with Crippen LogP contribution in [0, 0.1) is 17.0 Å². The molecule has 0 heterocycles. The Morgan fingerprint density at radius 2 is 1.94 bits per heavy atom. The summed E-state index contributed by atoms with van der Waals surface area (Å²) in [6.07, 6.45) is 0.531. The van der Waals surface area contributed by atoms with Crippen LogP contribution in [-0.2, 0) is 6.42 Å². The highest BCUT2D eigenvalue weighted by atomic mass is 19.2. The van der Waals surface area contributed by atoms with E-state index in [2.05, 4.69) is 5.32 Å². The van der Waals surface area contributed by atoms with Crippen molar-refractivity contribution in [2.75, 3.05) is 13.1 Å². The lowest BCUT2D eigenvalue weighted by atomic mass is 9.85. The van der Waals surface area contributed by atoms with Crippen molar-refractivity contribution in [1.82, 2.24) is 5.32 Å². The van der Waals surface area contributed by atoms with Gasteiger partial charge in [-0.2, -0.15) is 0 Å². The summed E-state index contributed by atoms with van der Waals surface area (Å²) >= 11 is 0. The average molecular weight is 227 g/mol. The van der Waals surface area contributed by atoms with Crippen molar-refractivity contribution in [2.24, 2.45) is 5.41 Å². The van der Waals surface area contributed by atoms with Gasteiger partial charge in [-0.05, 0) is 30.0 Å². The fourth-order valence-corrected chi connectivity index (χ4v) is 1.73. The number of hydrogen-bond donors (Lipinski definition) is 1. The average Bonchev–Trinajstić information content (AvgIpc) is 2.22. The van der Waals surface area contributed by atoms with E-state index >= 15 is 0 Å². The van der Waals surface area contributed by atoms with Gasteiger partial charge >= 0.3 is 0 Å². The normalized spacial score (nSPS) is 11.8. The number of rotatable bonds is 5. The van der Waals surface area contributed by atoms with Gasteiger partial charge in [0.15, 0.2) is 11.6 Å². The van der Waals surface area contributed by atoms with E-state index in [1.807, 2.05) is 20.8 Å². The topological polar surface area (TPSA) is 12.0 Å². The third-order valence-electron chi connectivity index (χ3n) is 2.55. The van der Waals surface area contributed by atoms with Crippen LogP contribution in [-0.4, -0.2) is 13.1 Å². The van der Waals surface area contributed by atoms with Crippen LogP contribution in [0.4, 0.5) is 8.78 Å². The molecule has 1 aromatic rings. The van der Waals surface area contributed by atoms with E-state index in [1.165, 1.54) is 0 Å². The molecule has 1 N–H and O–H groups in total. The van der Waals surface area contributed by atoms with Gasteiger partial charge in [-0.15, -0.1) is 0 Å². The first-order valence-corrected chi connectivity index (χ1v) is 5.60. The standard InChI is InChI=1S/C13H19F2N/c1-4-16-9-13(2,3)8-10-6-5-7-11(14)12(10)15/h5-7,16H,4,8-9H2,1-3H3. The molecule has 16 heavy (non-hydrogen) atoms. The molecule has 0 aromatic heterocycles. The summed E-state index contributed by atoms with van der Waals surface area (Å²) in [5, 5.41) is 3.23. The van der Waals surface area contributed by atoms with Crippen LogP contribution in [0.5, 0.6) is 0 Å². The van der Waals surface area contributed by atoms with Gasteiger partial charge in [0.1, 0.15) is 0 Å². The Morgan fingerprint density at radius 3 is 2.56 bits per heavy atom. The summed E-state index contributed by atoms with van der Waals surface area (Å²) in [6.45, 7) is 7.79. The summed E-state index contributed by atoms with van der Waals surface area (Å²) in [5.41, 5.74) is 0.368. The molecule has 3 heteroatoms. The fourth-order valence-electron chi connectivity index (χ4n) is 1.73. The molecule has 0 unspecified atom stereocenters. The lowest BCUT2D eigenvalue weighted by Gasteiger charge is -2.25. The van der Waals surface area contributed by atoms with Crippen molar-refractivity contribution >= 4 is 0 Å². The third kappa shape index (κ3) is 3.56. The second-order valence-corrected chi connectivity index (χ2v) is 4.83. The second kappa shape index (κ2) is 5.39. The summed E-state index contributed by atoms with van der Waals surface area (Å²) in [6, 6.07) is 4.35. The van der Waals surface area contributed by atoms with E-state index in [-0.39, 0.29) is 5.41 Å². The van der Waals surface area contributed by atoms with E-state index < -0.39 is 11.6 Å². The lowest BCUT2D eigenvalue weighted by molar-refractivity contribution is 0.334. The maximum absolute atomic E-state index is 13.5. The molecule has 0 aliphatic rings. The Bertz CT molecular complexity index is 348. The van der Waals surface area contributed by atoms with Crippen LogP contribution in [0.25, 0.3) is 0 Å². The Labute approximate surface area is 95.9 Å². The first-order valence-electron chi connectivity index (χ1n) is 5.60. The Hall–Kier alpha value is -0.960. The maximum atomic E-state index is 13.5. The second-order valence-electron chi connectivity index (χ2n) is 4.83. The molecule has 1 rings (SSSR count). The van der Waals surface area contributed by atoms with Crippen LogP contribution in [0.3, 0.4) is 0 Å². The van der Waals surface area contributed by atoms with Crippen molar-refractivity contribution in [3.8, 4) is 0 Å². The van der Waals surface area contributed by atoms with Gasteiger partial charge < -0.3 is 5.32 Å². The minimum Gasteiger partial charge on any atom is -0.316 e. The Kier molecular flexibility index (Phi) is 4.42. The minimum atomic E-state index is -0.767. The van der Waals surface area contributed by atoms with Gasteiger partial charge in [0.25, 0.3) is 0 Å². The molecule has 90 valence electrons. The van der Waals surface area contributed by atoms with E-state index in [1.54, 1.807) is 12.1 Å². The fraction of sp³-hybridized carbons (Fsp3) is 0.538. The highest BCUT2D eigenvalue weighted by Crippen LogP contribution is 2.23.